The number of hydrogen-bond donors (Lipinski definition) is 2. The lowest BCUT2D eigenvalue weighted by molar-refractivity contribution is 0.0252. The molecule has 2 atom stereocenters. The maximum absolute atomic E-state index is 12.1. The van der Waals surface area contributed by atoms with Gasteiger partial charge in [-0.15, -0.1) is 0 Å². The second kappa shape index (κ2) is 5.19. The average Bonchev–Trinajstić information content (AvgIpc) is 3.05. The fourth-order valence-electron chi connectivity index (χ4n) is 3.59. The summed E-state index contributed by atoms with van der Waals surface area (Å²) in [6, 6.07) is 0. The predicted molar refractivity (Wildman–Crippen MR) is 77.3 cm³/mol. The van der Waals surface area contributed by atoms with Crippen molar-refractivity contribution in [2.24, 2.45) is 16.6 Å². The van der Waals surface area contributed by atoms with Crippen LogP contribution in [0.5, 0.6) is 0 Å². The third kappa shape index (κ3) is 2.79. The zero-order valence-electron chi connectivity index (χ0n) is 12.9. The largest absolute Gasteiger partial charge is 0.444 e. The number of hydrogen-bond acceptors (Lipinski definition) is 4. The molecule has 0 aromatic heterocycles. The summed E-state index contributed by atoms with van der Waals surface area (Å²) in [6.07, 6.45) is 3.70. The Labute approximate surface area is 121 Å². The van der Waals surface area contributed by atoms with E-state index in [0.717, 1.165) is 32.2 Å². The first-order valence-electron chi connectivity index (χ1n) is 7.56. The monoisotopic (exact) mass is 284 g/mol. The van der Waals surface area contributed by atoms with Crippen molar-refractivity contribution in [3.05, 3.63) is 0 Å². The van der Waals surface area contributed by atoms with E-state index in [2.05, 4.69) is 0 Å². The molecule has 0 aromatic rings. The minimum Gasteiger partial charge on any atom is -0.444 e. The van der Waals surface area contributed by atoms with Gasteiger partial charge in [-0.1, -0.05) is 0 Å². The van der Waals surface area contributed by atoms with Crippen LogP contribution in [-0.4, -0.2) is 47.9 Å². The van der Waals surface area contributed by atoms with E-state index < -0.39 is 5.60 Å². The highest BCUT2D eigenvalue weighted by molar-refractivity contribution is 5.68. The van der Waals surface area contributed by atoms with E-state index in [9.17, 15) is 9.90 Å². The van der Waals surface area contributed by atoms with Crippen LogP contribution in [0.2, 0.25) is 0 Å². The van der Waals surface area contributed by atoms with Gasteiger partial charge in [0.05, 0.1) is 6.61 Å². The van der Waals surface area contributed by atoms with E-state index >= 15 is 0 Å². The number of nitrogens with two attached hydrogens (primary N) is 1. The summed E-state index contributed by atoms with van der Waals surface area (Å²) in [7, 11) is 0. The van der Waals surface area contributed by atoms with E-state index in [4.69, 9.17) is 10.5 Å². The van der Waals surface area contributed by atoms with Gasteiger partial charge < -0.3 is 20.5 Å². The molecule has 5 heteroatoms. The summed E-state index contributed by atoms with van der Waals surface area (Å²) in [5, 5.41) is 9.61. The standard InChI is InChI=1S/C15H28N2O3/c1-13(2,3)20-12(19)17-7-4-5-14(6-8-17)9-15(14,10-16)11-18/h18H,4-11,16H2,1-3H3. The topological polar surface area (TPSA) is 75.8 Å². The average molecular weight is 284 g/mol. The fourth-order valence-corrected chi connectivity index (χ4v) is 3.59. The summed E-state index contributed by atoms with van der Waals surface area (Å²) >= 11 is 0. The maximum Gasteiger partial charge on any atom is 0.410 e. The molecule has 1 aliphatic heterocycles. The van der Waals surface area contributed by atoms with Crippen molar-refractivity contribution in [2.45, 2.75) is 52.1 Å². The van der Waals surface area contributed by atoms with Gasteiger partial charge in [-0.25, -0.2) is 4.79 Å². The fraction of sp³-hybridized carbons (Fsp3) is 0.933. The number of carbonyl (C=O) groups is 1. The quantitative estimate of drug-likeness (QED) is 0.810. The van der Waals surface area contributed by atoms with Crippen LogP contribution in [0.25, 0.3) is 0 Å². The molecule has 3 N–H and O–H groups in total. The van der Waals surface area contributed by atoms with Gasteiger partial charge in [0, 0.05) is 25.0 Å². The SMILES string of the molecule is CC(C)(C)OC(=O)N1CCCC2(CC1)CC2(CN)CO. The van der Waals surface area contributed by atoms with Crippen LogP contribution < -0.4 is 5.73 Å². The van der Waals surface area contributed by atoms with E-state index in [1.165, 1.54) is 0 Å². The van der Waals surface area contributed by atoms with Crippen molar-refractivity contribution in [2.75, 3.05) is 26.2 Å². The summed E-state index contributed by atoms with van der Waals surface area (Å²) < 4.78 is 5.44. The third-order valence-electron chi connectivity index (χ3n) is 4.97. The molecule has 2 aliphatic rings. The Bertz CT molecular complexity index is 374. The molecule has 5 nitrogen and oxygen atoms in total. The molecule has 0 radical (unpaired) electrons. The van der Waals surface area contributed by atoms with Gasteiger partial charge in [-0.05, 0) is 51.9 Å². The van der Waals surface area contributed by atoms with Gasteiger partial charge in [-0.2, -0.15) is 0 Å². The van der Waals surface area contributed by atoms with Crippen LogP contribution in [-0.2, 0) is 4.74 Å². The zero-order chi connectivity index (χ0) is 15.0. The van der Waals surface area contributed by atoms with Crippen LogP contribution in [0.1, 0.15) is 46.5 Å². The first-order chi connectivity index (χ1) is 9.27. The number of carbonyl (C=O) groups excluding carboxylic acids is 1. The number of likely N-dealkylation sites (tertiary alicyclic amines) is 1. The summed E-state index contributed by atoms with van der Waals surface area (Å²) in [5.41, 5.74) is 5.44. The summed E-state index contributed by atoms with van der Waals surface area (Å²) in [4.78, 5) is 13.9. The summed E-state index contributed by atoms with van der Waals surface area (Å²) in [6.45, 7) is 7.80. The highest BCUT2D eigenvalue weighted by Crippen LogP contribution is 2.68. The molecule has 2 fully saturated rings. The van der Waals surface area contributed by atoms with Crippen LogP contribution in [0.15, 0.2) is 0 Å². The number of ether oxygens (including phenoxy) is 1. The van der Waals surface area contributed by atoms with Gasteiger partial charge in [0.25, 0.3) is 0 Å². The van der Waals surface area contributed by atoms with Gasteiger partial charge in [0.2, 0.25) is 0 Å². The van der Waals surface area contributed by atoms with Gasteiger partial charge >= 0.3 is 6.09 Å². The van der Waals surface area contributed by atoms with Crippen LogP contribution >= 0.6 is 0 Å². The van der Waals surface area contributed by atoms with Crippen molar-refractivity contribution in [1.82, 2.24) is 4.90 Å². The molecule has 1 saturated heterocycles. The molecule has 1 aliphatic carbocycles. The van der Waals surface area contributed by atoms with Crippen molar-refractivity contribution in [1.29, 1.82) is 0 Å². The number of rotatable bonds is 2. The number of aliphatic hydroxyl groups excluding tert-OH is 1. The third-order valence-corrected chi connectivity index (χ3v) is 4.97. The van der Waals surface area contributed by atoms with Gasteiger partial charge in [0.15, 0.2) is 0 Å². The Morgan fingerprint density at radius 3 is 2.55 bits per heavy atom. The van der Waals surface area contributed by atoms with Crippen LogP contribution in [0.3, 0.4) is 0 Å². The van der Waals surface area contributed by atoms with Crippen LogP contribution in [0, 0.1) is 10.8 Å². The van der Waals surface area contributed by atoms with E-state index in [0.29, 0.717) is 13.1 Å². The minimum atomic E-state index is -0.452. The lowest BCUT2D eigenvalue weighted by Crippen LogP contribution is -2.37. The van der Waals surface area contributed by atoms with Crippen molar-refractivity contribution >= 4 is 6.09 Å². The highest BCUT2D eigenvalue weighted by Gasteiger charge is 2.65. The lowest BCUT2D eigenvalue weighted by atomic mass is 9.87. The first kappa shape index (κ1) is 15.6. The zero-order valence-corrected chi connectivity index (χ0v) is 12.9. The molecule has 1 heterocycles. The Hall–Kier alpha value is -0.810. The maximum atomic E-state index is 12.1. The Morgan fingerprint density at radius 1 is 1.35 bits per heavy atom. The molecular weight excluding hydrogens is 256 g/mol. The molecule has 0 aromatic carbocycles. The molecule has 2 rings (SSSR count). The smallest absolute Gasteiger partial charge is 0.410 e. The second-order valence-electron chi connectivity index (χ2n) is 7.42. The van der Waals surface area contributed by atoms with Gasteiger partial charge in [-0.3, -0.25) is 0 Å². The predicted octanol–water partition coefficient (Wildman–Crippen LogP) is 1.73. The molecule has 0 bridgehead atoms. The van der Waals surface area contributed by atoms with Gasteiger partial charge in [0.1, 0.15) is 5.60 Å². The van der Waals surface area contributed by atoms with Crippen molar-refractivity contribution in [3.63, 3.8) is 0 Å². The van der Waals surface area contributed by atoms with E-state index in [-0.39, 0.29) is 23.5 Å². The highest BCUT2D eigenvalue weighted by atomic mass is 16.6. The molecular formula is C15H28N2O3. The second-order valence-corrected chi connectivity index (χ2v) is 7.42. The summed E-state index contributed by atoms with van der Waals surface area (Å²) in [5.74, 6) is 0. The van der Waals surface area contributed by atoms with Crippen LogP contribution in [0.4, 0.5) is 4.79 Å². The Balaban J connectivity index is 1.96. The van der Waals surface area contributed by atoms with E-state index in [1.807, 2.05) is 20.8 Å². The number of amides is 1. The minimum absolute atomic E-state index is 0.100. The first-order valence-corrected chi connectivity index (χ1v) is 7.56. The van der Waals surface area contributed by atoms with Crippen molar-refractivity contribution < 1.29 is 14.6 Å². The lowest BCUT2D eigenvalue weighted by Gasteiger charge is -2.26. The molecule has 1 amide bonds. The molecule has 1 spiro atoms. The molecule has 20 heavy (non-hydrogen) atoms. The Kier molecular flexibility index (Phi) is 4.04. The van der Waals surface area contributed by atoms with E-state index in [1.54, 1.807) is 4.90 Å². The molecule has 116 valence electrons. The number of aliphatic hydroxyl groups is 1. The normalized spacial score (nSPS) is 34.0. The van der Waals surface area contributed by atoms with Crippen molar-refractivity contribution in [3.8, 4) is 0 Å². The molecule has 2 unspecified atom stereocenters. The number of nitrogens with zero attached hydrogens (tertiary/aromatic N) is 1. The Morgan fingerprint density at radius 2 is 2.05 bits per heavy atom. The molecule has 1 saturated carbocycles.